The monoisotopic (exact) mass is 396 g/mol. The van der Waals surface area contributed by atoms with Crippen LogP contribution in [0.5, 0.6) is 0 Å². The molecule has 2 aromatic rings. The van der Waals surface area contributed by atoms with Crippen molar-refractivity contribution in [3.8, 4) is 0 Å². The highest BCUT2D eigenvalue weighted by Gasteiger charge is 2.32. The van der Waals surface area contributed by atoms with Crippen molar-refractivity contribution in [3.05, 3.63) is 41.7 Å². The maximum Gasteiger partial charge on any atom is 0.433 e. The Labute approximate surface area is 159 Å². The van der Waals surface area contributed by atoms with E-state index in [4.69, 9.17) is 0 Å². The maximum atomic E-state index is 12.7. The Kier molecular flexibility index (Phi) is 5.88. The van der Waals surface area contributed by atoms with Crippen LogP contribution < -0.4 is 10.2 Å². The summed E-state index contributed by atoms with van der Waals surface area (Å²) in [6.45, 7) is 4.00. The fourth-order valence-corrected chi connectivity index (χ4v) is 3.48. The van der Waals surface area contributed by atoms with Gasteiger partial charge in [-0.2, -0.15) is 13.2 Å². The lowest BCUT2D eigenvalue weighted by Crippen LogP contribution is -2.18. The molecule has 0 radical (unpaired) electrons. The molecule has 3 rings (SSSR count). The second-order valence-corrected chi connectivity index (χ2v) is 7.19. The number of anilines is 2. The van der Waals surface area contributed by atoms with Crippen molar-refractivity contribution in [2.24, 2.45) is 0 Å². The molecule has 0 saturated carbocycles. The number of carbonyl (C=O) groups is 1. The van der Waals surface area contributed by atoms with E-state index in [9.17, 15) is 18.0 Å². The Hall–Kier alpha value is -2.29. The van der Waals surface area contributed by atoms with Crippen molar-refractivity contribution in [2.45, 2.75) is 31.1 Å². The maximum absolute atomic E-state index is 12.7. The molecular weight excluding hydrogens is 377 g/mol. The largest absolute Gasteiger partial charge is 0.433 e. The van der Waals surface area contributed by atoms with E-state index in [0.29, 0.717) is 5.69 Å². The van der Waals surface area contributed by atoms with Crippen molar-refractivity contribution >= 4 is 29.0 Å². The first-order valence-electron chi connectivity index (χ1n) is 8.51. The predicted octanol–water partition coefficient (Wildman–Crippen LogP) is 4.13. The van der Waals surface area contributed by atoms with Gasteiger partial charge in [0.2, 0.25) is 5.91 Å². The van der Waals surface area contributed by atoms with E-state index in [0.717, 1.165) is 48.4 Å². The van der Waals surface area contributed by atoms with Gasteiger partial charge in [-0.05, 0) is 49.6 Å². The Morgan fingerprint density at radius 3 is 2.67 bits per heavy atom. The van der Waals surface area contributed by atoms with Crippen LogP contribution in [-0.4, -0.2) is 34.7 Å². The molecule has 1 fully saturated rings. The average Bonchev–Trinajstić information content (AvgIpc) is 3.16. The van der Waals surface area contributed by atoms with Crippen LogP contribution >= 0.6 is 11.8 Å². The van der Waals surface area contributed by atoms with Gasteiger partial charge in [0, 0.05) is 30.7 Å². The number of thioether (sulfide) groups is 1. The van der Waals surface area contributed by atoms with Crippen molar-refractivity contribution in [1.29, 1.82) is 0 Å². The number of alkyl halides is 3. The Bertz CT molecular complexity index is 822. The number of benzene rings is 1. The molecule has 1 saturated heterocycles. The van der Waals surface area contributed by atoms with Crippen molar-refractivity contribution in [3.63, 3.8) is 0 Å². The summed E-state index contributed by atoms with van der Waals surface area (Å²) >= 11 is 0.865. The van der Waals surface area contributed by atoms with Crippen LogP contribution in [0.2, 0.25) is 0 Å². The SMILES string of the molecule is Cc1cc(N2CCCC2)ccc1NC(=O)CSc1nccc(C(F)(F)F)n1. The van der Waals surface area contributed by atoms with E-state index in [2.05, 4.69) is 20.2 Å². The Morgan fingerprint density at radius 1 is 1.26 bits per heavy atom. The van der Waals surface area contributed by atoms with Crippen LogP contribution in [0.25, 0.3) is 0 Å². The summed E-state index contributed by atoms with van der Waals surface area (Å²) in [5.41, 5.74) is 1.74. The number of nitrogens with one attached hydrogen (secondary N) is 1. The molecule has 5 nitrogen and oxygen atoms in total. The lowest BCUT2D eigenvalue weighted by molar-refractivity contribution is -0.141. The highest BCUT2D eigenvalue weighted by atomic mass is 32.2. The molecule has 1 aliphatic rings. The number of aryl methyl sites for hydroxylation is 1. The van der Waals surface area contributed by atoms with Crippen molar-refractivity contribution < 1.29 is 18.0 Å². The lowest BCUT2D eigenvalue weighted by atomic mass is 10.1. The first-order valence-corrected chi connectivity index (χ1v) is 9.50. The Balaban J connectivity index is 1.58. The van der Waals surface area contributed by atoms with E-state index in [1.165, 1.54) is 12.8 Å². The normalized spacial score (nSPS) is 14.4. The number of nitrogens with zero attached hydrogens (tertiary/aromatic N) is 3. The van der Waals surface area contributed by atoms with E-state index >= 15 is 0 Å². The molecule has 1 amide bonds. The molecule has 27 heavy (non-hydrogen) atoms. The highest BCUT2D eigenvalue weighted by Crippen LogP contribution is 2.29. The van der Waals surface area contributed by atoms with E-state index in [1.807, 2.05) is 25.1 Å². The number of hydrogen-bond donors (Lipinski definition) is 1. The summed E-state index contributed by atoms with van der Waals surface area (Å²) in [5, 5.41) is 2.70. The summed E-state index contributed by atoms with van der Waals surface area (Å²) in [5.74, 6) is -0.396. The molecule has 0 atom stereocenters. The molecule has 1 N–H and O–H groups in total. The minimum atomic E-state index is -4.53. The number of rotatable bonds is 5. The highest BCUT2D eigenvalue weighted by molar-refractivity contribution is 7.99. The first kappa shape index (κ1) is 19.5. The van der Waals surface area contributed by atoms with Crippen molar-refractivity contribution in [1.82, 2.24) is 9.97 Å². The number of aromatic nitrogens is 2. The zero-order valence-electron chi connectivity index (χ0n) is 14.7. The number of hydrogen-bond acceptors (Lipinski definition) is 5. The van der Waals surface area contributed by atoms with Gasteiger partial charge in [-0.3, -0.25) is 4.79 Å². The van der Waals surface area contributed by atoms with Crippen LogP contribution in [0.4, 0.5) is 24.5 Å². The van der Waals surface area contributed by atoms with E-state index < -0.39 is 11.9 Å². The molecule has 0 aliphatic carbocycles. The molecule has 2 heterocycles. The summed E-state index contributed by atoms with van der Waals surface area (Å²) in [7, 11) is 0. The number of carbonyl (C=O) groups excluding carboxylic acids is 1. The van der Waals surface area contributed by atoms with Gasteiger partial charge in [-0.1, -0.05) is 11.8 Å². The van der Waals surface area contributed by atoms with Crippen LogP contribution in [0, 0.1) is 6.92 Å². The fourth-order valence-electron chi connectivity index (χ4n) is 2.84. The van der Waals surface area contributed by atoms with Gasteiger partial charge < -0.3 is 10.2 Å². The quantitative estimate of drug-likeness (QED) is 0.608. The van der Waals surface area contributed by atoms with E-state index in [1.54, 1.807) is 0 Å². The second kappa shape index (κ2) is 8.16. The second-order valence-electron chi connectivity index (χ2n) is 6.25. The molecule has 1 aromatic heterocycles. The number of amides is 1. The smallest absolute Gasteiger partial charge is 0.372 e. The van der Waals surface area contributed by atoms with Gasteiger partial charge >= 0.3 is 6.18 Å². The molecule has 0 bridgehead atoms. The third-order valence-corrected chi connectivity index (χ3v) is 5.07. The summed E-state index contributed by atoms with van der Waals surface area (Å²) in [6, 6.07) is 6.66. The van der Waals surface area contributed by atoms with Gasteiger partial charge in [0.1, 0.15) is 5.69 Å². The predicted molar refractivity (Wildman–Crippen MR) is 99.0 cm³/mol. The fraction of sp³-hybridized carbons (Fsp3) is 0.389. The van der Waals surface area contributed by atoms with Gasteiger partial charge in [0.25, 0.3) is 0 Å². The molecule has 0 spiro atoms. The summed E-state index contributed by atoms with van der Waals surface area (Å²) in [4.78, 5) is 21.7. The molecule has 0 unspecified atom stereocenters. The topological polar surface area (TPSA) is 58.1 Å². The minimum Gasteiger partial charge on any atom is -0.372 e. The molecule has 9 heteroatoms. The molecular formula is C18H19F3N4OS. The molecule has 1 aromatic carbocycles. The first-order chi connectivity index (χ1) is 12.8. The van der Waals surface area contributed by atoms with Crippen LogP contribution in [0.1, 0.15) is 24.1 Å². The van der Waals surface area contributed by atoms with Crippen molar-refractivity contribution in [2.75, 3.05) is 29.1 Å². The van der Waals surface area contributed by atoms with Gasteiger partial charge in [-0.15, -0.1) is 0 Å². The van der Waals surface area contributed by atoms with Crippen LogP contribution in [-0.2, 0) is 11.0 Å². The van der Waals surface area contributed by atoms with E-state index in [-0.39, 0.29) is 16.8 Å². The standard InChI is InChI=1S/C18H19F3N4OS/c1-12-10-13(25-8-2-3-9-25)4-5-14(12)23-16(26)11-27-17-22-7-6-15(24-17)18(19,20)21/h4-7,10H,2-3,8-9,11H2,1H3,(H,23,26). The zero-order valence-corrected chi connectivity index (χ0v) is 15.5. The minimum absolute atomic E-state index is 0.0748. The lowest BCUT2D eigenvalue weighted by Gasteiger charge is -2.19. The summed E-state index contributed by atoms with van der Waals surface area (Å²) < 4.78 is 38.0. The van der Waals surface area contributed by atoms with Crippen LogP contribution in [0.3, 0.4) is 0 Å². The number of halogens is 3. The Morgan fingerprint density at radius 2 is 2.00 bits per heavy atom. The van der Waals surface area contributed by atoms with Gasteiger partial charge in [-0.25, -0.2) is 9.97 Å². The average molecular weight is 396 g/mol. The molecule has 144 valence electrons. The third kappa shape index (κ3) is 5.12. The molecule has 1 aliphatic heterocycles. The third-order valence-electron chi connectivity index (χ3n) is 4.21. The van der Waals surface area contributed by atoms with Gasteiger partial charge in [0.15, 0.2) is 5.16 Å². The zero-order chi connectivity index (χ0) is 19.4. The van der Waals surface area contributed by atoms with Gasteiger partial charge in [0.05, 0.1) is 5.75 Å². The van der Waals surface area contributed by atoms with Crippen LogP contribution in [0.15, 0.2) is 35.6 Å². The summed E-state index contributed by atoms with van der Waals surface area (Å²) in [6.07, 6.45) is -1.12.